The number of halogens is 5. The molecule has 1 nitrogen and oxygen atoms in total. The van der Waals surface area contributed by atoms with Crippen LogP contribution in [0.15, 0.2) is 12.1 Å². The maximum absolute atomic E-state index is 12.9. The summed E-state index contributed by atoms with van der Waals surface area (Å²) >= 11 is 1.51. The van der Waals surface area contributed by atoms with Gasteiger partial charge in [-0.2, -0.15) is 13.2 Å². The van der Waals surface area contributed by atoms with Crippen molar-refractivity contribution in [2.45, 2.75) is 12.7 Å². The van der Waals surface area contributed by atoms with Gasteiger partial charge in [-0.1, -0.05) is 0 Å². The summed E-state index contributed by atoms with van der Waals surface area (Å²) in [6, 6.07) is 1.59. The lowest BCUT2D eigenvalue weighted by Gasteiger charge is -2.12. The van der Waals surface area contributed by atoms with Gasteiger partial charge in [0.1, 0.15) is 5.82 Å². The Balaban J connectivity index is 3.35. The number of rotatable bonds is 1. The molecule has 0 aliphatic carbocycles. The first-order chi connectivity index (χ1) is 6.36. The van der Waals surface area contributed by atoms with Crippen LogP contribution < -0.4 is 5.73 Å². The Morgan fingerprint density at radius 2 is 1.86 bits per heavy atom. The zero-order chi connectivity index (χ0) is 10.9. The van der Waals surface area contributed by atoms with E-state index in [1.807, 2.05) is 0 Å². The van der Waals surface area contributed by atoms with E-state index in [0.717, 1.165) is 12.1 Å². The fourth-order valence-electron chi connectivity index (χ4n) is 1.02. The maximum atomic E-state index is 12.9. The highest BCUT2D eigenvalue weighted by Crippen LogP contribution is 2.33. The second kappa shape index (κ2) is 4.01. The average Bonchev–Trinajstić information content (AvgIpc) is 2.07. The molecule has 0 fully saturated rings. The lowest BCUT2D eigenvalue weighted by atomic mass is 10.1. The van der Waals surface area contributed by atoms with Crippen LogP contribution in [0.1, 0.15) is 11.1 Å². The molecule has 0 unspecified atom stereocenters. The fraction of sp³-hybridized carbons (Fsp3) is 0.250. The lowest BCUT2D eigenvalue weighted by molar-refractivity contribution is -0.138. The third kappa shape index (κ3) is 2.35. The molecular formula is C8H6F4IN. The van der Waals surface area contributed by atoms with Crippen molar-refractivity contribution in [3.8, 4) is 0 Å². The molecule has 0 aliphatic rings. The van der Waals surface area contributed by atoms with Crippen molar-refractivity contribution < 1.29 is 17.6 Å². The van der Waals surface area contributed by atoms with E-state index in [2.05, 4.69) is 0 Å². The fourth-order valence-corrected chi connectivity index (χ4v) is 1.49. The van der Waals surface area contributed by atoms with E-state index in [1.165, 1.54) is 22.6 Å². The summed E-state index contributed by atoms with van der Waals surface area (Å²) in [4.78, 5) is 0. The van der Waals surface area contributed by atoms with E-state index in [0.29, 0.717) is 0 Å². The minimum Gasteiger partial charge on any atom is -0.326 e. The van der Waals surface area contributed by atoms with E-state index in [9.17, 15) is 17.6 Å². The highest BCUT2D eigenvalue weighted by Gasteiger charge is 2.33. The average molecular weight is 319 g/mol. The summed E-state index contributed by atoms with van der Waals surface area (Å²) in [5, 5.41) is 0. The molecule has 1 aromatic rings. The molecule has 0 atom stereocenters. The third-order valence-corrected chi connectivity index (χ3v) is 2.50. The summed E-state index contributed by atoms with van der Waals surface area (Å²) in [6.45, 7) is -0.331. The molecule has 2 N–H and O–H groups in total. The second-order valence-electron chi connectivity index (χ2n) is 2.63. The van der Waals surface area contributed by atoms with Crippen molar-refractivity contribution in [1.29, 1.82) is 0 Å². The van der Waals surface area contributed by atoms with Crippen LogP contribution >= 0.6 is 22.6 Å². The molecule has 0 aliphatic heterocycles. The Kier molecular flexibility index (Phi) is 3.36. The van der Waals surface area contributed by atoms with Crippen molar-refractivity contribution in [3.63, 3.8) is 0 Å². The predicted octanol–water partition coefficient (Wildman–Crippen LogP) is 2.91. The standard InChI is InChI=1S/C8H6F4IN/c9-6-1-4(3-14)5(2-7(6)13)8(10,11)12/h1-2H,3,14H2. The van der Waals surface area contributed by atoms with Gasteiger partial charge in [-0.3, -0.25) is 0 Å². The monoisotopic (exact) mass is 319 g/mol. The molecule has 0 heterocycles. The summed E-state index contributed by atoms with van der Waals surface area (Å²) in [6.07, 6.45) is -4.48. The number of benzene rings is 1. The van der Waals surface area contributed by atoms with Gasteiger partial charge in [-0.05, 0) is 40.3 Å². The molecule has 0 saturated carbocycles. The van der Waals surface area contributed by atoms with Crippen molar-refractivity contribution in [1.82, 2.24) is 0 Å². The molecule has 0 bridgehead atoms. The summed E-state index contributed by atoms with van der Waals surface area (Å²) in [7, 11) is 0. The first-order valence-electron chi connectivity index (χ1n) is 3.61. The Bertz CT molecular complexity index is 348. The van der Waals surface area contributed by atoms with Crippen LogP contribution in [0.25, 0.3) is 0 Å². The topological polar surface area (TPSA) is 26.0 Å². The zero-order valence-corrected chi connectivity index (χ0v) is 8.99. The molecule has 1 aromatic carbocycles. The molecule has 0 spiro atoms. The number of hydrogen-bond acceptors (Lipinski definition) is 1. The minimum atomic E-state index is -4.48. The van der Waals surface area contributed by atoms with Crippen molar-refractivity contribution in [3.05, 3.63) is 32.6 Å². The van der Waals surface area contributed by atoms with E-state index < -0.39 is 17.6 Å². The van der Waals surface area contributed by atoms with Gasteiger partial charge in [-0.25, -0.2) is 4.39 Å². The minimum absolute atomic E-state index is 0.0628. The SMILES string of the molecule is NCc1cc(F)c(I)cc1C(F)(F)F. The molecule has 0 aromatic heterocycles. The highest BCUT2D eigenvalue weighted by atomic mass is 127. The van der Waals surface area contributed by atoms with E-state index >= 15 is 0 Å². The second-order valence-corrected chi connectivity index (χ2v) is 3.79. The number of hydrogen-bond donors (Lipinski definition) is 1. The van der Waals surface area contributed by atoms with Crippen LogP contribution in [0.3, 0.4) is 0 Å². The van der Waals surface area contributed by atoms with Gasteiger partial charge in [-0.15, -0.1) is 0 Å². The van der Waals surface area contributed by atoms with Crippen LogP contribution in [0.5, 0.6) is 0 Å². The van der Waals surface area contributed by atoms with Crippen molar-refractivity contribution in [2.24, 2.45) is 5.73 Å². The molecular weight excluding hydrogens is 313 g/mol. The van der Waals surface area contributed by atoms with Crippen LogP contribution in [0.4, 0.5) is 17.6 Å². The van der Waals surface area contributed by atoms with Gasteiger partial charge in [0.2, 0.25) is 0 Å². The zero-order valence-electron chi connectivity index (χ0n) is 6.83. The van der Waals surface area contributed by atoms with E-state index in [1.54, 1.807) is 0 Å². The molecule has 14 heavy (non-hydrogen) atoms. The first-order valence-corrected chi connectivity index (χ1v) is 4.69. The van der Waals surface area contributed by atoms with Crippen LogP contribution in [0, 0.1) is 9.39 Å². The third-order valence-electron chi connectivity index (χ3n) is 1.67. The van der Waals surface area contributed by atoms with Gasteiger partial charge in [0.05, 0.1) is 5.56 Å². The molecule has 0 saturated heterocycles. The first kappa shape index (κ1) is 11.7. The number of nitrogens with two attached hydrogens (primary N) is 1. The quantitative estimate of drug-likeness (QED) is 0.625. The lowest BCUT2D eigenvalue weighted by Crippen LogP contribution is -2.13. The smallest absolute Gasteiger partial charge is 0.326 e. The maximum Gasteiger partial charge on any atom is 0.416 e. The van der Waals surface area contributed by atoms with Gasteiger partial charge >= 0.3 is 6.18 Å². The van der Waals surface area contributed by atoms with Gasteiger partial charge in [0.15, 0.2) is 0 Å². The summed E-state index contributed by atoms with van der Waals surface area (Å²) in [5.74, 6) is -0.681. The van der Waals surface area contributed by atoms with Crippen LogP contribution in [-0.4, -0.2) is 0 Å². The van der Waals surface area contributed by atoms with Crippen LogP contribution in [0.2, 0.25) is 0 Å². The Labute approximate surface area is 91.4 Å². The van der Waals surface area contributed by atoms with E-state index in [-0.39, 0.29) is 15.7 Å². The van der Waals surface area contributed by atoms with E-state index in [4.69, 9.17) is 5.73 Å². The Morgan fingerprint density at radius 1 is 1.29 bits per heavy atom. The molecule has 1 rings (SSSR count). The van der Waals surface area contributed by atoms with Crippen molar-refractivity contribution >= 4 is 22.6 Å². The summed E-state index contributed by atoms with van der Waals surface area (Å²) in [5.41, 5.74) is 4.00. The van der Waals surface area contributed by atoms with Crippen LogP contribution in [-0.2, 0) is 12.7 Å². The van der Waals surface area contributed by atoms with Gasteiger partial charge in [0, 0.05) is 10.1 Å². The molecule has 0 radical (unpaired) electrons. The van der Waals surface area contributed by atoms with Gasteiger partial charge < -0.3 is 5.73 Å². The normalized spacial score (nSPS) is 11.9. The Morgan fingerprint density at radius 3 is 2.29 bits per heavy atom. The molecule has 0 amide bonds. The van der Waals surface area contributed by atoms with Crippen molar-refractivity contribution in [2.75, 3.05) is 0 Å². The largest absolute Gasteiger partial charge is 0.416 e. The Hall–Kier alpha value is -0.370. The van der Waals surface area contributed by atoms with Gasteiger partial charge in [0.25, 0.3) is 0 Å². The molecule has 78 valence electrons. The summed E-state index contributed by atoms with van der Waals surface area (Å²) < 4.78 is 49.9. The predicted molar refractivity (Wildman–Crippen MR) is 52.0 cm³/mol. The highest BCUT2D eigenvalue weighted by molar-refractivity contribution is 14.1. The number of alkyl halides is 3. The molecule has 6 heteroatoms.